The normalized spacial score (nSPS) is 24.6. The van der Waals surface area contributed by atoms with Gasteiger partial charge in [0.1, 0.15) is 12.4 Å². The van der Waals surface area contributed by atoms with Crippen LogP contribution in [-0.2, 0) is 13.0 Å². The van der Waals surface area contributed by atoms with Gasteiger partial charge in [-0.15, -0.1) is 0 Å². The molecule has 0 saturated carbocycles. The van der Waals surface area contributed by atoms with Crippen molar-refractivity contribution in [3.8, 4) is 6.01 Å². The Morgan fingerprint density at radius 1 is 1.10 bits per heavy atom. The number of likely N-dealkylation sites (N-methyl/N-ethyl adjacent to an activating group) is 1. The van der Waals surface area contributed by atoms with Crippen molar-refractivity contribution in [1.82, 2.24) is 19.8 Å². The monoisotopic (exact) mass is 562 g/mol. The molecule has 3 atom stereocenters. The molecular formula is C30H35ClN6O3. The molecule has 3 saturated heterocycles. The molecule has 1 N–H and O–H groups in total. The van der Waals surface area contributed by atoms with Crippen molar-refractivity contribution in [2.24, 2.45) is 5.92 Å². The zero-order valence-electron chi connectivity index (χ0n) is 22.8. The Morgan fingerprint density at radius 2 is 1.95 bits per heavy atom. The van der Waals surface area contributed by atoms with Crippen LogP contribution >= 0.6 is 11.6 Å². The first-order valence-corrected chi connectivity index (χ1v) is 14.7. The Labute approximate surface area is 239 Å². The minimum atomic E-state index is -0.840. The molecule has 2 aromatic carbocycles. The fourth-order valence-corrected chi connectivity index (χ4v) is 7.46. The van der Waals surface area contributed by atoms with Gasteiger partial charge in [0.05, 0.1) is 23.3 Å². The first-order valence-electron chi connectivity index (χ1n) is 14.4. The fraction of sp³-hybridized carbons (Fsp3) is 0.500. The molecule has 9 nitrogen and oxygen atoms in total. The van der Waals surface area contributed by atoms with Gasteiger partial charge >= 0.3 is 12.1 Å². The molecule has 0 radical (unpaired) electrons. The summed E-state index contributed by atoms with van der Waals surface area (Å²) in [6.45, 7) is 5.10. The van der Waals surface area contributed by atoms with Crippen molar-refractivity contribution >= 4 is 40.0 Å². The van der Waals surface area contributed by atoms with Crippen LogP contribution in [0.3, 0.4) is 0 Å². The first kappa shape index (κ1) is 25.7. The molecule has 0 aliphatic carbocycles. The molecule has 4 aliphatic heterocycles. The molecule has 0 spiro atoms. The third kappa shape index (κ3) is 4.49. The van der Waals surface area contributed by atoms with Crippen molar-refractivity contribution in [2.75, 3.05) is 56.2 Å². The number of ether oxygens (including phenoxy) is 1. The SMILES string of the molecule is CN1CCC[C@H]1COc1nc2c(c(N3CC[C@@H]4CN(C(=O)O)C[C@@H]43)n1)CCN(c1cccc3cccc(Cl)c13)C2. The second kappa shape index (κ2) is 10.3. The fourth-order valence-electron chi connectivity index (χ4n) is 7.18. The number of halogens is 1. The summed E-state index contributed by atoms with van der Waals surface area (Å²) < 4.78 is 6.29. The average Bonchev–Trinajstić information content (AvgIpc) is 3.67. The van der Waals surface area contributed by atoms with E-state index in [4.69, 9.17) is 26.3 Å². The van der Waals surface area contributed by atoms with Gasteiger partial charge in [-0.25, -0.2) is 4.79 Å². The van der Waals surface area contributed by atoms with Crippen LogP contribution in [0.4, 0.5) is 16.3 Å². The lowest BCUT2D eigenvalue weighted by Crippen LogP contribution is -2.39. The van der Waals surface area contributed by atoms with E-state index >= 15 is 0 Å². The van der Waals surface area contributed by atoms with E-state index in [0.29, 0.717) is 44.2 Å². The molecule has 1 aromatic heterocycles. The number of nitrogens with zero attached hydrogens (tertiary/aromatic N) is 6. The Morgan fingerprint density at radius 3 is 2.75 bits per heavy atom. The van der Waals surface area contributed by atoms with E-state index in [1.54, 1.807) is 4.90 Å². The Balaban J connectivity index is 1.23. The van der Waals surface area contributed by atoms with Gasteiger partial charge in [0.2, 0.25) is 0 Å². The Bertz CT molecular complexity index is 1450. The molecule has 4 aliphatic rings. The Kier molecular flexibility index (Phi) is 6.59. The number of anilines is 2. The average molecular weight is 563 g/mol. The molecule has 7 rings (SSSR count). The van der Waals surface area contributed by atoms with Crippen LogP contribution in [0, 0.1) is 5.92 Å². The highest BCUT2D eigenvalue weighted by molar-refractivity contribution is 6.36. The van der Waals surface area contributed by atoms with Crippen molar-refractivity contribution in [1.29, 1.82) is 0 Å². The number of carboxylic acid groups (broad SMARTS) is 1. The lowest BCUT2D eigenvalue weighted by molar-refractivity contribution is 0.153. The van der Waals surface area contributed by atoms with Gasteiger partial charge in [0.25, 0.3) is 0 Å². The third-order valence-electron chi connectivity index (χ3n) is 9.36. The van der Waals surface area contributed by atoms with E-state index in [2.05, 4.69) is 46.0 Å². The van der Waals surface area contributed by atoms with Crippen molar-refractivity contribution in [3.63, 3.8) is 0 Å². The highest BCUT2D eigenvalue weighted by Crippen LogP contribution is 2.40. The van der Waals surface area contributed by atoms with Crippen LogP contribution in [-0.4, -0.2) is 89.4 Å². The van der Waals surface area contributed by atoms with E-state index in [9.17, 15) is 9.90 Å². The number of carbonyl (C=O) groups is 1. The maximum Gasteiger partial charge on any atom is 0.407 e. The summed E-state index contributed by atoms with van der Waals surface area (Å²) in [6.07, 6.45) is 3.23. The van der Waals surface area contributed by atoms with Crippen LogP contribution in [0.25, 0.3) is 10.8 Å². The second-order valence-corrected chi connectivity index (χ2v) is 12.0. The molecule has 0 unspecified atom stereocenters. The van der Waals surface area contributed by atoms with E-state index in [-0.39, 0.29) is 6.04 Å². The summed E-state index contributed by atoms with van der Waals surface area (Å²) in [7, 11) is 2.14. The quantitative estimate of drug-likeness (QED) is 0.486. The number of likely N-dealkylation sites (tertiary alicyclic amines) is 2. The third-order valence-corrected chi connectivity index (χ3v) is 9.68. The Hall–Kier alpha value is -3.30. The zero-order valence-corrected chi connectivity index (χ0v) is 23.6. The summed E-state index contributed by atoms with van der Waals surface area (Å²) in [4.78, 5) is 30.3. The van der Waals surface area contributed by atoms with Crippen molar-refractivity contribution in [3.05, 3.63) is 52.7 Å². The number of hydrogen-bond donors (Lipinski definition) is 1. The standard InChI is InChI=1S/C30H35ClN6O3/c1-34-12-4-7-21(34)18-40-29-32-24-16-35(25-9-3-6-19-5-2-8-23(31)27(19)25)13-11-22(24)28(33-29)37-14-10-20-15-36(30(38)39)17-26(20)37/h2-3,5-6,8-9,20-21,26H,4,7,10-18H2,1H3,(H,38,39)/t20-,21+,26+/m1/s1. The van der Waals surface area contributed by atoms with Crippen LogP contribution in [0.2, 0.25) is 5.02 Å². The van der Waals surface area contributed by atoms with Gasteiger partial charge in [-0.2, -0.15) is 9.97 Å². The number of fused-ring (bicyclic) bond motifs is 3. The summed E-state index contributed by atoms with van der Waals surface area (Å²) in [6, 6.07) is 13.3. The summed E-state index contributed by atoms with van der Waals surface area (Å²) in [5.74, 6) is 1.26. The van der Waals surface area contributed by atoms with Gasteiger partial charge in [-0.05, 0) is 56.8 Å². The lowest BCUT2D eigenvalue weighted by atomic mass is 10.0. The van der Waals surface area contributed by atoms with E-state index < -0.39 is 6.09 Å². The van der Waals surface area contributed by atoms with Crippen LogP contribution < -0.4 is 14.5 Å². The maximum atomic E-state index is 11.7. The van der Waals surface area contributed by atoms with Crippen LogP contribution in [0.1, 0.15) is 30.5 Å². The smallest absolute Gasteiger partial charge is 0.407 e. The molecule has 3 aromatic rings. The number of hydrogen-bond acceptors (Lipinski definition) is 7. The molecule has 1 amide bonds. The predicted octanol–water partition coefficient (Wildman–Crippen LogP) is 4.51. The molecule has 40 heavy (non-hydrogen) atoms. The molecule has 10 heteroatoms. The van der Waals surface area contributed by atoms with Crippen LogP contribution in [0.5, 0.6) is 6.01 Å². The molecule has 3 fully saturated rings. The van der Waals surface area contributed by atoms with Gasteiger partial charge in [-0.1, -0.05) is 35.9 Å². The molecule has 210 valence electrons. The topological polar surface area (TPSA) is 85.3 Å². The predicted molar refractivity (Wildman–Crippen MR) is 156 cm³/mol. The highest BCUT2D eigenvalue weighted by Gasteiger charge is 2.44. The number of amides is 1. The van der Waals surface area contributed by atoms with Crippen molar-refractivity contribution < 1.29 is 14.6 Å². The van der Waals surface area contributed by atoms with Gasteiger partial charge in [-0.3, -0.25) is 0 Å². The van der Waals surface area contributed by atoms with Gasteiger partial charge in [0.15, 0.2) is 0 Å². The number of benzene rings is 2. The lowest BCUT2D eigenvalue weighted by Gasteiger charge is -2.35. The van der Waals surface area contributed by atoms with Crippen LogP contribution in [0.15, 0.2) is 36.4 Å². The highest BCUT2D eigenvalue weighted by atomic mass is 35.5. The maximum absolute atomic E-state index is 11.7. The number of aromatic nitrogens is 2. The van der Waals surface area contributed by atoms with E-state index in [1.807, 2.05) is 12.1 Å². The number of rotatable bonds is 5. The first-order chi connectivity index (χ1) is 19.5. The van der Waals surface area contributed by atoms with Gasteiger partial charge < -0.3 is 29.4 Å². The van der Waals surface area contributed by atoms with Crippen molar-refractivity contribution in [2.45, 2.75) is 44.3 Å². The summed E-state index contributed by atoms with van der Waals surface area (Å²) >= 11 is 6.69. The van der Waals surface area contributed by atoms with E-state index in [0.717, 1.165) is 77.5 Å². The summed E-state index contributed by atoms with van der Waals surface area (Å²) in [5.41, 5.74) is 3.24. The minimum absolute atomic E-state index is 0.138. The molecule has 0 bridgehead atoms. The largest absolute Gasteiger partial charge is 0.465 e. The second-order valence-electron chi connectivity index (χ2n) is 11.6. The van der Waals surface area contributed by atoms with E-state index in [1.165, 1.54) is 6.42 Å². The molecular weight excluding hydrogens is 528 g/mol. The zero-order chi connectivity index (χ0) is 27.4. The van der Waals surface area contributed by atoms with Gasteiger partial charge in [0, 0.05) is 54.8 Å². The minimum Gasteiger partial charge on any atom is -0.465 e. The summed E-state index contributed by atoms with van der Waals surface area (Å²) in [5, 5.41) is 12.6. The molecule has 5 heterocycles.